The van der Waals surface area contributed by atoms with Crippen molar-refractivity contribution >= 4 is 17.5 Å². The number of nitrogens with two attached hydrogens (primary N) is 1. The first-order valence-electron chi connectivity index (χ1n) is 9.14. The lowest BCUT2D eigenvalue weighted by atomic mass is 9.89. The highest BCUT2D eigenvalue weighted by molar-refractivity contribution is 5.95. The lowest BCUT2D eigenvalue weighted by Gasteiger charge is -2.27. The number of anilines is 1. The molecule has 0 bridgehead atoms. The maximum atomic E-state index is 14.1. The van der Waals surface area contributed by atoms with Crippen LogP contribution in [0.5, 0.6) is 5.75 Å². The van der Waals surface area contributed by atoms with Gasteiger partial charge in [0.15, 0.2) is 5.82 Å². The Kier molecular flexibility index (Phi) is 4.49. The van der Waals surface area contributed by atoms with Gasteiger partial charge in [-0.2, -0.15) is 0 Å². The maximum Gasteiger partial charge on any atom is 0.267 e. The summed E-state index contributed by atoms with van der Waals surface area (Å²) in [7, 11) is 0. The van der Waals surface area contributed by atoms with Gasteiger partial charge in [-0.25, -0.2) is 8.78 Å². The molecule has 2 aliphatic rings. The first-order chi connectivity index (χ1) is 13.7. The third-order valence-corrected chi connectivity index (χ3v) is 5.51. The highest BCUT2D eigenvalue weighted by Gasteiger charge is 2.47. The van der Waals surface area contributed by atoms with Crippen molar-refractivity contribution in [2.75, 3.05) is 11.9 Å². The van der Waals surface area contributed by atoms with Crippen molar-refractivity contribution in [1.29, 1.82) is 0 Å². The van der Waals surface area contributed by atoms with E-state index in [1.54, 1.807) is 6.07 Å². The first-order valence-corrected chi connectivity index (χ1v) is 9.14. The van der Waals surface area contributed by atoms with Crippen LogP contribution < -0.4 is 15.8 Å². The smallest absolute Gasteiger partial charge is 0.267 e. The van der Waals surface area contributed by atoms with Gasteiger partial charge in [0.1, 0.15) is 41.6 Å². The minimum atomic E-state index is -0.923. The Morgan fingerprint density at radius 1 is 1.38 bits per heavy atom. The fourth-order valence-corrected chi connectivity index (χ4v) is 3.75. The van der Waals surface area contributed by atoms with Gasteiger partial charge < -0.3 is 20.5 Å². The Balaban J connectivity index is 1.72. The van der Waals surface area contributed by atoms with Crippen LogP contribution in [0.15, 0.2) is 24.4 Å². The van der Waals surface area contributed by atoms with Crippen molar-refractivity contribution in [2.45, 2.75) is 32.0 Å². The van der Waals surface area contributed by atoms with Crippen molar-refractivity contribution in [2.24, 2.45) is 11.7 Å². The number of hydrogen-bond acceptors (Lipinski definition) is 5. The molecule has 2 unspecified atom stereocenters. The van der Waals surface area contributed by atoms with Gasteiger partial charge in [-0.05, 0) is 25.0 Å². The number of rotatable bonds is 3. The molecule has 0 radical (unpaired) electrons. The second-order valence-electron chi connectivity index (χ2n) is 7.31. The number of carbonyl (C=O) groups excluding carboxylic acids is 2. The molecule has 0 fully saturated rings. The summed E-state index contributed by atoms with van der Waals surface area (Å²) in [6, 6.07) is 3.26. The van der Waals surface area contributed by atoms with E-state index >= 15 is 0 Å². The molecule has 2 aliphatic heterocycles. The van der Waals surface area contributed by atoms with E-state index in [1.807, 2.05) is 13.8 Å². The number of primary amides is 1. The second-order valence-corrected chi connectivity index (χ2v) is 7.31. The van der Waals surface area contributed by atoms with Crippen LogP contribution in [0, 0.1) is 17.6 Å². The largest absolute Gasteiger partial charge is 0.490 e. The van der Waals surface area contributed by atoms with E-state index in [9.17, 15) is 18.4 Å². The predicted octanol–water partition coefficient (Wildman–Crippen LogP) is 2.80. The number of hydrogen-bond donors (Lipinski definition) is 2. The molecule has 3 heterocycles. The Hall–Kier alpha value is -3.07. The topological polar surface area (TPSA) is 104 Å². The van der Waals surface area contributed by atoms with Crippen molar-refractivity contribution in [3.63, 3.8) is 0 Å². The molecular weight excluding hydrogens is 384 g/mol. The number of aromatic nitrogens is 1. The third-order valence-electron chi connectivity index (χ3n) is 5.51. The molecule has 2 aromatic rings. The minimum absolute atomic E-state index is 0.0861. The lowest BCUT2D eigenvalue weighted by molar-refractivity contribution is -0.135. The number of nitrogens with zero attached hydrogens (tertiary/aromatic N) is 1. The summed E-state index contributed by atoms with van der Waals surface area (Å²) in [6.45, 7) is 3.60. The molecule has 1 aromatic carbocycles. The van der Waals surface area contributed by atoms with Crippen molar-refractivity contribution < 1.29 is 27.8 Å². The molecule has 3 N–H and O–H groups in total. The average Bonchev–Trinajstić information content (AvgIpc) is 2.86. The van der Waals surface area contributed by atoms with Gasteiger partial charge >= 0.3 is 0 Å². The zero-order valence-corrected chi connectivity index (χ0v) is 15.8. The molecule has 3 atom stereocenters. The number of benzene rings is 1. The van der Waals surface area contributed by atoms with Gasteiger partial charge in [-0.3, -0.25) is 14.6 Å². The number of carbonyl (C=O) groups is 2. The molecule has 9 heteroatoms. The minimum Gasteiger partial charge on any atom is -0.490 e. The molecule has 0 saturated heterocycles. The Morgan fingerprint density at radius 3 is 2.83 bits per heavy atom. The maximum absolute atomic E-state index is 14.1. The molecule has 152 valence electrons. The van der Waals surface area contributed by atoms with E-state index in [4.69, 9.17) is 15.2 Å². The Morgan fingerprint density at radius 2 is 2.14 bits per heavy atom. The van der Waals surface area contributed by atoms with E-state index in [0.717, 1.165) is 6.07 Å². The van der Waals surface area contributed by atoms with Crippen LogP contribution in [0.2, 0.25) is 0 Å². The first kappa shape index (κ1) is 19.3. The SMILES string of the molecule is CCC1(C)OC([C@@H]2COc3cc(F)cc(F)c3NC2=O)c2cnc(C(N)=O)cc21. The van der Waals surface area contributed by atoms with Gasteiger partial charge in [-0.1, -0.05) is 6.92 Å². The fourth-order valence-electron chi connectivity index (χ4n) is 3.75. The van der Waals surface area contributed by atoms with Crippen LogP contribution >= 0.6 is 0 Å². The van der Waals surface area contributed by atoms with E-state index in [0.29, 0.717) is 23.6 Å². The van der Waals surface area contributed by atoms with Crippen molar-refractivity contribution in [3.8, 4) is 5.75 Å². The number of fused-ring (bicyclic) bond motifs is 2. The Labute approximate surface area is 165 Å². The molecule has 0 saturated carbocycles. The highest BCUT2D eigenvalue weighted by atomic mass is 19.1. The number of nitrogens with one attached hydrogen (secondary N) is 1. The molecule has 7 nitrogen and oxygen atoms in total. The summed E-state index contributed by atoms with van der Waals surface area (Å²) in [5.41, 5.74) is 5.79. The van der Waals surface area contributed by atoms with E-state index in [-0.39, 0.29) is 23.7 Å². The van der Waals surface area contributed by atoms with Crippen molar-refractivity contribution in [3.05, 3.63) is 52.9 Å². The quantitative estimate of drug-likeness (QED) is 0.820. The van der Waals surface area contributed by atoms with Crippen LogP contribution in [0.1, 0.15) is 48.0 Å². The second kappa shape index (κ2) is 6.77. The van der Waals surface area contributed by atoms with E-state index < -0.39 is 41.1 Å². The highest BCUT2D eigenvalue weighted by Crippen LogP contribution is 2.49. The van der Waals surface area contributed by atoms with Crippen LogP contribution in [0.4, 0.5) is 14.5 Å². The van der Waals surface area contributed by atoms with Crippen LogP contribution in [0.25, 0.3) is 0 Å². The van der Waals surface area contributed by atoms with Gasteiger partial charge in [0.2, 0.25) is 5.91 Å². The Bertz CT molecular complexity index is 1030. The van der Waals surface area contributed by atoms with E-state index in [1.165, 1.54) is 6.20 Å². The average molecular weight is 403 g/mol. The van der Waals surface area contributed by atoms with Gasteiger partial charge in [-0.15, -0.1) is 0 Å². The molecule has 29 heavy (non-hydrogen) atoms. The van der Waals surface area contributed by atoms with Gasteiger partial charge in [0, 0.05) is 23.9 Å². The van der Waals surface area contributed by atoms with Crippen molar-refractivity contribution in [1.82, 2.24) is 4.98 Å². The summed E-state index contributed by atoms with van der Waals surface area (Å²) >= 11 is 0. The summed E-state index contributed by atoms with van der Waals surface area (Å²) in [4.78, 5) is 28.5. The molecule has 2 amide bonds. The molecule has 0 spiro atoms. The van der Waals surface area contributed by atoms with E-state index in [2.05, 4.69) is 10.3 Å². The van der Waals surface area contributed by atoms with Crippen LogP contribution in [-0.2, 0) is 15.1 Å². The zero-order valence-electron chi connectivity index (χ0n) is 15.8. The zero-order chi connectivity index (χ0) is 20.9. The van der Waals surface area contributed by atoms with Crippen LogP contribution in [0.3, 0.4) is 0 Å². The molecular formula is C20H19F2N3O4. The lowest BCUT2D eigenvalue weighted by Crippen LogP contribution is -2.32. The summed E-state index contributed by atoms with van der Waals surface area (Å²) in [5, 5.41) is 2.47. The predicted molar refractivity (Wildman–Crippen MR) is 98.2 cm³/mol. The number of ether oxygens (including phenoxy) is 2. The number of amides is 2. The summed E-state index contributed by atoms with van der Waals surface area (Å²) < 4.78 is 39.4. The number of pyridine rings is 1. The van der Waals surface area contributed by atoms with Gasteiger partial charge in [0.25, 0.3) is 5.91 Å². The monoisotopic (exact) mass is 403 g/mol. The standard InChI is InChI=1S/C20H19F2N3O4/c1-3-20(2)12-6-14(18(23)26)24-7-10(12)17(29-20)11-8-28-15-5-9(21)4-13(22)16(15)25-19(11)27/h4-7,11,17H,3,8H2,1-2H3,(H2,23,26)(H,25,27)/t11-,17?,20?/m0/s1. The summed E-state index contributed by atoms with van der Waals surface area (Å²) in [5.74, 6) is -3.86. The van der Waals surface area contributed by atoms with Crippen LogP contribution in [-0.4, -0.2) is 23.4 Å². The fraction of sp³-hybridized carbons (Fsp3) is 0.350. The molecule has 0 aliphatic carbocycles. The van der Waals surface area contributed by atoms with Gasteiger partial charge in [0.05, 0.1) is 5.60 Å². The normalized spacial score (nSPS) is 25.4. The molecule has 4 rings (SSSR count). The third kappa shape index (κ3) is 3.11. The molecule has 1 aromatic heterocycles. The summed E-state index contributed by atoms with van der Waals surface area (Å²) in [6.07, 6.45) is 1.28. The number of halogens is 2.